The van der Waals surface area contributed by atoms with Gasteiger partial charge in [-0.2, -0.15) is 0 Å². The molecule has 1 aromatic rings. The fraction of sp³-hybridized carbons (Fsp3) is 0.462. The molecule has 0 spiro atoms. The van der Waals surface area contributed by atoms with E-state index < -0.39 is 22.1 Å². The second kappa shape index (κ2) is 6.83. The maximum Gasteiger partial charge on any atom is 0.335 e. The molecule has 0 radical (unpaired) electrons. The molecule has 20 heavy (non-hydrogen) atoms. The molecule has 7 heteroatoms. The van der Waals surface area contributed by atoms with Crippen molar-refractivity contribution in [1.29, 1.82) is 0 Å². The van der Waals surface area contributed by atoms with Crippen molar-refractivity contribution in [2.45, 2.75) is 31.3 Å². The first-order valence-electron chi connectivity index (χ1n) is 6.23. The molecule has 1 atom stereocenters. The predicted molar refractivity (Wildman–Crippen MR) is 74.1 cm³/mol. The van der Waals surface area contributed by atoms with Crippen molar-refractivity contribution in [2.75, 3.05) is 6.54 Å². The zero-order chi connectivity index (χ0) is 15.3. The maximum atomic E-state index is 12.0. The number of benzene rings is 1. The van der Waals surface area contributed by atoms with Gasteiger partial charge in [0.1, 0.15) is 0 Å². The number of rotatable bonds is 7. The average Bonchev–Trinajstić information content (AvgIpc) is 2.36. The Hall–Kier alpha value is -1.44. The Balaban J connectivity index is 2.79. The molecule has 0 aliphatic carbocycles. The highest BCUT2D eigenvalue weighted by molar-refractivity contribution is 7.89. The summed E-state index contributed by atoms with van der Waals surface area (Å²) in [5.74, 6) is -0.938. The Morgan fingerprint density at radius 1 is 1.35 bits per heavy atom. The average molecular weight is 301 g/mol. The molecule has 3 N–H and O–H groups in total. The molecule has 0 aromatic heterocycles. The Kier molecular flexibility index (Phi) is 5.67. The first kappa shape index (κ1) is 16.6. The summed E-state index contributed by atoms with van der Waals surface area (Å²) in [6.45, 7) is 3.75. The van der Waals surface area contributed by atoms with Gasteiger partial charge in [-0.1, -0.05) is 19.9 Å². The van der Waals surface area contributed by atoms with E-state index >= 15 is 0 Å². The number of nitrogens with one attached hydrogen (secondary N) is 1. The molecule has 0 fully saturated rings. The van der Waals surface area contributed by atoms with Crippen molar-refractivity contribution in [1.82, 2.24) is 4.72 Å². The number of aliphatic hydroxyl groups is 1. The summed E-state index contributed by atoms with van der Waals surface area (Å²) in [5.41, 5.74) is -0.101. The Bertz CT molecular complexity index is 568. The molecule has 0 bridgehead atoms. The van der Waals surface area contributed by atoms with Gasteiger partial charge in [0.25, 0.3) is 0 Å². The molecule has 6 nitrogen and oxygen atoms in total. The number of carboxylic acid groups (broad SMARTS) is 1. The van der Waals surface area contributed by atoms with Gasteiger partial charge in [-0.3, -0.25) is 0 Å². The third kappa shape index (κ3) is 4.92. The number of aliphatic hydroxyl groups excluding tert-OH is 1. The Morgan fingerprint density at radius 2 is 2.00 bits per heavy atom. The molecule has 0 amide bonds. The van der Waals surface area contributed by atoms with Crippen LogP contribution in [0.1, 0.15) is 30.6 Å². The minimum absolute atomic E-state index is 0.0994. The van der Waals surface area contributed by atoms with Gasteiger partial charge in [0.05, 0.1) is 16.6 Å². The van der Waals surface area contributed by atoms with E-state index in [2.05, 4.69) is 4.72 Å². The van der Waals surface area contributed by atoms with Crippen molar-refractivity contribution in [3.05, 3.63) is 29.8 Å². The number of carbonyl (C=O) groups is 1. The van der Waals surface area contributed by atoms with Gasteiger partial charge < -0.3 is 10.2 Å². The van der Waals surface area contributed by atoms with Crippen LogP contribution in [0, 0.1) is 5.92 Å². The Morgan fingerprint density at radius 3 is 2.55 bits per heavy atom. The quantitative estimate of drug-likeness (QED) is 0.699. The lowest BCUT2D eigenvalue weighted by molar-refractivity contribution is 0.0696. The van der Waals surface area contributed by atoms with E-state index in [1.807, 2.05) is 13.8 Å². The minimum Gasteiger partial charge on any atom is -0.478 e. The van der Waals surface area contributed by atoms with Gasteiger partial charge in [-0.05, 0) is 30.5 Å². The number of aromatic carboxylic acids is 1. The first-order chi connectivity index (χ1) is 9.22. The third-order valence-electron chi connectivity index (χ3n) is 2.64. The standard InChI is InChI=1S/C13H19NO5S/c1-9(2)6-11(15)8-14-20(18,19)12-5-3-4-10(7-12)13(16)17/h3-5,7,9,11,14-15H,6,8H2,1-2H3,(H,16,17). The summed E-state index contributed by atoms with van der Waals surface area (Å²) >= 11 is 0. The smallest absolute Gasteiger partial charge is 0.335 e. The van der Waals surface area contributed by atoms with Crippen molar-refractivity contribution in [3.8, 4) is 0 Å². The highest BCUT2D eigenvalue weighted by Crippen LogP contribution is 2.12. The minimum atomic E-state index is -3.82. The van der Waals surface area contributed by atoms with Crippen molar-refractivity contribution in [3.63, 3.8) is 0 Å². The fourth-order valence-electron chi connectivity index (χ4n) is 1.71. The van der Waals surface area contributed by atoms with Crippen LogP contribution in [0.5, 0.6) is 0 Å². The van der Waals surface area contributed by atoms with Crippen LogP contribution in [-0.4, -0.2) is 37.2 Å². The molecule has 1 unspecified atom stereocenters. The van der Waals surface area contributed by atoms with E-state index in [0.717, 1.165) is 6.07 Å². The monoisotopic (exact) mass is 301 g/mol. The molecular formula is C13H19NO5S. The number of sulfonamides is 1. The number of carboxylic acids is 1. The topological polar surface area (TPSA) is 104 Å². The van der Waals surface area contributed by atoms with E-state index in [-0.39, 0.29) is 22.9 Å². The van der Waals surface area contributed by atoms with Gasteiger partial charge in [-0.25, -0.2) is 17.9 Å². The number of hydrogen-bond donors (Lipinski definition) is 3. The summed E-state index contributed by atoms with van der Waals surface area (Å²) in [5, 5.41) is 18.5. The van der Waals surface area contributed by atoms with Gasteiger partial charge in [0.15, 0.2) is 0 Å². The van der Waals surface area contributed by atoms with Crippen LogP contribution in [-0.2, 0) is 10.0 Å². The second-order valence-electron chi connectivity index (χ2n) is 4.97. The van der Waals surface area contributed by atoms with Crippen LogP contribution in [0.4, 0.5) is 0 Å². The van der Waals surface area contributed by atoms with Crippen LogP contribution < -0.4 is 4.72 Å². The SMILES string of the molecule is CC(C)CC(O)CNS(=O)(=O)c1cccc(C(=O)O)c1. The van der Waals surface area contributed by atoms with E-state index in [1.165, 1.54) is 18.2 Å². The fourth-order valence-corrected chi connectivity index (χ4v) is 2.83. The molecule has 112 valence electrons. The zero-order valence-electron chi connectivity index (χ0n) is 11.4. The lowest BCUT2D eigenvalue weighted by Crippen LogP contribution is -2.32. The summed E-state index contributed by atoms with van der Waals surface area (Å²) in [6, 6.07) is 5.07. The highest BCUT2D eigenvalue weighted by Gasteiger charge is 2.17. The van der Waals surface area contributed by atoms with Crippen LogP contribution in [0.3, 0.4) is 0 Å². The largest absolute Gasteiger partial charge is 0.478 e. The van der Waals surface area contributed by atoms with E-state index in [1.54, 1.807) is 0 Å². The molecule has 0 saturated carbocycles. The van der Waals surface area contributed by atoms with Gasteiger partial charge >= 0.3 is 5.97 Å². The normalized spacial score (nSPS) is 13.4. The third-order valence-corrected chi connectivity index (χ3v) is 4.06. The lowest BCUT2D eigenvalue weighted by atomic mass is 10.1. The summed E-state index contributed by atoms with van der Waals surface area (Å²) < 4.78 is 26.2. The van der Waals surface area contributed by atoms with Crippen LogP contribution >= 0.6 is 0 Å². The summed E-state index contributed by atoms with van der Waals surface area (Å²) in [7, 11) is -3.82. The molecular weight excluding hydrogens is 282 g/mol. The van der Waals surface area contributed by atoms with Crippen LogP contribution in [0.25, 0.3) is 0 Å². The zero-order valence-corrected chi connectivity index (χ0v) is 12.2. The maximum absolute atomic E-state index is 12.0. The molecule has 0 aliphatic rings. The lowest BCUT2D eigenvalue weighted by Gasteiger charge is -2.14. The van der Waals surface area contributed by atoms with Crippen molar-refractivity contribution < 1.29 is 23.4 Å². The predicted octanol–water partition coefficient (Wildman–Crippen LogP) is 1.07. The molecule has 1 aromatic carbocycles. The number of hydrogen-bond acceptors (Lipinski definition) is 4. The molecule has 0 heterocycles. The van der Waals surface area contributed by atoms with Crippen LogP contribution in [0.2, 0.25) is 0 Å². The van der Waals surface area contributed by atoms with Gasteiger partial charge in [0.2, 0.25) is 10.0 Å². The second-order valence-corrected chi connectivity index (χ2v) is 6.74. The summed E-state index contributed by atoms with van der Waals surface area (Å²) in [4.78, 5) is 10.7. The van der Waals surface area contributed by atoms with Crippen molar-refractivity contribution >= 4 is 16.0 Å². The molecule has 0 saturated heterocycles. The molecule has 0 aliphatic heterocycles. The van der Waals surface area contributed by atoms with Crippen LogP contribution in [0.15, 0.2) is 29.2 Å². The van der Waals surface area contributed by atoms with Gasteiger partial charge in [0, 0.05) is 6.54 Å². The van der Waals surface area contributed by atoms with Crippen molar-refractivity contribution in [2.24, 2.45) is 5.92 Å². The van der Waals surface area contributed by atoms with Gasteiger partial charge in [-0.15, -0.1) is 0 Å². The van der Waals surface area contributed by atoms with E-state index in [0.29, 0.717) is 6.42 Å². The highest BCUT2D eigenvalue weighted by atomic mass is 32.2. The first-order valence-corrected chi connectivity index (χ1v) is 7.72. The molecule has 1 rings (SSSR count). The van der Waals surface area contributed by atoms with E-state index in [9.17, 15) is 18.3 Å². The Labute approximate surface area is 118 Å². The summed E-state index contributed by atoms with van der Waals surface area (Å²) in [6.07, 6.45) is -0.287. The van der Waals surface area contributed by atoms with E-state index in [4.69, 9.17) is 5.11 Å².